The highest BCUT2D eigenvalue weighted by molar-refractivity contribution is 7.99. The van der Waals surface area contributed by atoms with Crippen molar-refractivity contribution in [2.75, 3.05) is 25.4 Å². The van der Waals surface area contributed by atoms with Crippen LogP contribution in [0.15, 0.2) is 11.5 Å². The van der Waals surface area contributed by atoms with Crippen LogP contribution in [0.25, 0.3) is 11.2 Å². The molecule has 2 aromatic rings. The van der Waals surface area contributed by atoms with E-state index in [2.05, 4.69) is 19.4 Å². The number of thioether (sulfide) groups is 1. The molecule has 0 bridgehead atoms. The number of fused-ring (bicyclic) bond motifs is 1. The van der Waals surface area contributed by atoms with Crippen molar-refractivity contribution in [3.8, 4) is 0 Å². The molecule has 0 aromatic carbocycles. The van der Waals surface area contributed by atoms with Crippen LogP contribution >= 0.6 is 11.8 Å². The normalized spacial score (nSPS) is 20.2. The van der Waals surface area contributed by atoms with E-state index >= 15 is 0 Å². The summed E-state index contributed by atoms with van der Waals surface area (Å²) in [6.45, 7) is 4.40. The van der Waals surface area contributed by atoms with Gasteiger partial charge in [-0.3, -0.25) is 0 Å². The van der Waals surface area contributed by atoms with Gasteiger partial charge >= 0.3 is 0 Å². The van der Waals surface area contributed by atoms with E-state index in [0.717, 1.165) is 29.4 Å². The summed E-state index contributed by atoms with van der Waals surface area (Å²) in [4.78, 5) is 16.2. The quantitative estimate of drug-likeness (QED) is 0.839. The van der Waals surface area contributed by atoms with E-state index in [0.29, 0.717) is 11.1 Å². The number of hydrogen-bond acceptors (Lipinski definition) is 6. The Labute approximate surface area is 147 Å². The molecule has 1 saturated carbocycles. The Morgan fingerprint density at radius 3 is 2.62 bits per heavy atom. The predicted molar refractivity (Wildman–Crippen MR) is 98.1 cm³/mol. The van der Waals surface area contributed by atoms with Gasteiger partial charge in [0.1, 0.15) is 5.52 Å². The highest BCUT2D eigenvalue weighted by atomic mass is 32.2. The van der Waals surface area contributed by atoms with E-state index in [4.69, 9.17) is 10.7 Å². The summed E-state index contributed by atoms with van der Waals surface area (Å²) < 4.78 is 2.14. The Bertz CT molecular complexity index is 688. The topological polar surface area (TPSA) is 72.9 Å². The van der Waals surface area contributed by atoms with Gasteiger partial charge in [-0.2, -0.15) is 0 Å². The monoisotopic (exact) mass is 346 g/mol. The van der Waals surface area contributed by atoms with E-state index in [1.807, 2.05) is 6.33 Å². The van der Waals surface area contributed by atoms with Gasteiger partial charge < -0.3 is 15.2 Å². The lowest BCUT2D eigenvalue weighted by molar-refractivity contribution is 0.221. The van der Waals surface area contributed by atoms with Gasteiger partial charge in [-0.15, -0.1) is 0 Å². The molecule has 3 heterocycles. The van der Waals surface area contributed by atoms with Crippen molar-refractivity contribution in [2.45, 2.75) is 61.9 Å². The third-order valence-corrected chi connectivity index (χ3v) is 6.35. The number of anilines is 1. The van der Waals surface area contributed by atoms with Crippen LogP contribution in [0.4, 0.5) is 5.82 Å². The fourth-order valence-electron chi connectivity index (χ4n) is 3.75. The molecule has 130 valence electrons. The third kappa shape index (κ3) is 3.52. The van der Waals surface area contributed by atoms with Gasteiger partial charge in [0.15, 0.2) is 16.6 Å². The highest BCUT2D eigenvalue weighted by Crippen LogP contribution is 2.34. The summed E-state index contributed by atoms with van der Waals surface area (Å²) in [5, 5.41) is 1.46. The molecule has 7 heteroatoms. The molecule has 4 rings (SSSR count). The molecule has 0 unspecified atom stereocenters. The molecule has 2 N–H and O–H groups in total. The second-order valence-corrected chi connectivity index (χ2v) is 8.20. The minimum Gasteiger partial charge on any atom is -0.382 e. The minimum atomic E-state index is 0.511. The Kier molecular flexibility index (Phi) is 4.89. The molecular weight excluding hydrogens is 320 g/mol. The summed E-state index contributed by atoms with van der Waals surface area (Å²) in [7, 11) is 0. The van der Waals surface area contributed by atoms with Gasteiger partial charge in [0.25, 0.3) is 0 Å². The maximum atomic E-state index is 6.13. The summed E-state index contributed by atoms with van der Waals surface area (Å²) in [5.41, 5.74) is 7.76. The van der Waals surface area contributed by atoms with Gasteiger partial charge in [0.2, 0.25) is 0 Å². The Hall–Kier alpha value is -1.34. The van der Waals surface area contributed by atoms with Gasteiger partial charge in [-0.05, 0) is 38.8 Å². The van der Waals surface area contributed by atoms with E-state index in [-0.39, 0.29) is 0 Å². The molecular formula is C17H26N6S. The molecule has 1 aliphatic heterocycles. The molecule has 1 saturated heterocycles. The predicted octanol–water partition coefficient (Wildman–Crippen LogP) is 2.93. The number of nitrogens with zero attached hydrogens (tertiary/aromatic N) is 5. The number of piperidine rings is 1. The maximum Gasteiger partial charge on any atom is 0.191 e. The molecule has 0 amide bonds. The van der Waals surface area contributed by atoms with E-state index in [9.17, 15) is 0 Å². The first kappa shape index (κ1) is 16.1. The van der Waals surface area contributed by atoms with E-state index in [1.165, 1.54) is 58.0 Å². The molecule has 2 aliphatic rings. The smallest absolute Gasteiger partial charge is 0.191 e. The molecule has 6 nitrogen and oxygen atoms in total. The van der Waals surface area contributed by atoms with Gasteiger partial charge in [0.05, 0.1) is 6.33 Å². The van der Waals surface area contributed by atoms with Crippen LogP contribution in [0.2, 0.25) is 0 Å². The molecule has 2 aromatic heterocycles. The Morgan fingerprint density at radius 2 is 1.83 bits per heavy atom. The average molecular weight is 347 g/mol. The first-order valence-corrected chi connectivity index (χ1v) is 10.0. The van der Waals surface area contributed by atoms with Crippen LogP contribution < -0.4 is 5.73 Å². The highest BCUT2D eigenvalue weighted by Gasteiger charge is 2.20. The molecule has 0 radical (unpaired) electrons. The van der Waals surface area contributed by atoms with E-state index in [1.54, 1.807) is 11.8 Å². The molecule has 0 spiro atoms. The second kappa shape index (κ2) is 7.27. The maximum absolute atomic E-state index is 6.13. The van der Waals surface area contributed by atoms with Crippen LogP contribution in [-0.2, 0) is 6.54 Å². The summed E-state index contributed by atoms with van der Waals surface area (Å²) in [5.74, 6) is 0.511. The summed E-state index contributed by atoms with van der Waals surface area (Å²) in [6, 6.07) is 0. The van der Waals surface area contributed by atoms with Crippen molar-refractivity contribution in [1.82, 2.24) is 24.4 Å². The average Bonchev–Trinajstić information content (AvgIpc) is 3.24. The zero-order valence-electron chi connectivity index (χ0n) is 14.2. The SMILES string of the molecule is Nc1nc(SC2CCCC2)nc2c1ncn2CCN1CCCCC1. The molecule has 24 heavy (non-hydrogen) atoms. The van der Waals surface area contributed by atoms with Crippen LogP contribution in [0.5, 0.6) is 0 Å². The van der Waals surface area contributed by atoms with Crippen LogP contribution in [0, 0.1) is 0 Å². The number of imidazole rings is 1. The third-order valence-electron chi connectivity index (χ3n) is 5.15. The van der Waals surface area contributed by atoms with Crippen molar-refractivity contribution in [3.05, 3.63) is 6.33 Å². The summed E-state index contributed by atoms with van der Waals surface area (Å²) in [6.07, 6.45) is 11.1. The fraction of sp³-hybridized carbons (Fsp3) is 0.706. The second-order valence-electron chi connectivity index (χ2n) is 6.93. The Balaban J connectivity index is 1.51. The molecule has 0 atom stereocenters. The van der Waals surface area contributed by atoms with Gasteiger partial charge in [-0.25, -0.2) is 15.0 Å². The first-order valence-electron chi connectivity index (χ1n) is 9.17. The number of aromatic nitrogens is 4. The molecule has 1 aliphatic carbocycles. The number of nitrogen functional groups attached to an aromatic ring is 1. The van der Waals surface area contributed by atoms with Crippen molar-refractivity contribution >= 4 is 28.7 Å². The van der Waals surface area contributed by atoms with Crippen LogP contribution in [-0.4, -0.2) is 49.3 Å². The van der Waals surface area contributed by atoms with Crippen molar-refractivity contribution in [2.24, 2.45) is 0 Å². The van der Waals surface area contributed by atoms with Crippen LogP contribution in [0.1, 0.15) is 44.9 Å². The fourth-order valence-corrected chi connectivity index (χ4v) is 4.91. The van der Waals surface area contributed by atoms with Gasteiger partial charge in [0, 0.05) is 18.3 Å². The lowest BCUT2D eigenvalue weighted by Crippen LogP contribution is -2.32. The Morgan fingerprint density at radius 1 is 1.04 bits per heavy atom. The standard InChI is InChI=1S/C17H26N6S/c18-15-14-16(21-17(20-15)24-13-6-2-3-7-13)23(12-19-14)11-10-22-8-4-1-5-9-22/h12-13H,1-11H2,(H2,18,20,21). The number of likely N-dealkylation sites (tertiary alicyclic amines) is 1. The minimum absolute atomic E-state index is 0.511. The van der Waals surface area contributed by atoms with Crippen molar-refractivity contribution in [3.63, 3.8) is 0 Å². The first-order chi connectivity index (χ1) is 11.8. The number of rotatable bonds is 5. The van der Waals surface area contributed by atoms with Crippen LogP contribution in [0.3, 0.4) is 0 Å². The zero-order valence-corrected chi connectivity index (χ0v) is 15.0. The number of nitrogens with two attached hydrogens (primary N) is 1. The lowest BCUT2D eigenvalue weighted by atomic mass is 10.1. The number of hydrogen-bond donors (Lipinski definition) is 1. The van der Waals surface area contributed by atoms with Gasteiger partial charge in [-0.1, -0.05) is 31.0 Å². The molecule has 2 fully saturated rings. The largest absolute Gasteiger partial charge is 0.382 e. The summed E-state index contributed by atoms with van der Waals surface area (Å²) >= 11 is 1.78. The van der Waals surface area contributed by atoms with E-state index < -0.39 is 0 Å². The zero-order chi connectivity index (χ0) is 16.4. The van der Waals surface area contributed by atoms with Crippen molar-refractivity contribution < 1.29 is 0 Å². The van der Waals surface area contributed by atoms with Crippen molar-refractivity contribution in [1.29, 1.82) is 0 Å². The lowest BCUT2D eigenvalue weighted by Gasteiger charge is -2.26.